The Balaban J connectivity index is 2.03. The van der Waals surface area contributed by atoms with Gasteiger partial charge in [0.05, 0.1) is 4.90 Å². The van der Waals surface area contributed by atoms with Crippen molar-refractivity contribution >= 4 is 15.9 Å². The molecule has 25 heavy (non-hydrogen) atoms. The molecule has 1 heterocycles. The lowest BCUT2D eigenvalue weighted by Gasteiger charge is -2.29. The van der Waals surface area contributed by atoms with Gasteiger partial charge in [0, 0.05) is 19.1 Å². The SMILES string of the molecule is CC1CCN(S(=O)(=O)c2ccc(O[C@@H](C)C(=O)NC(C)C)cc2)CC1. The van der Waals surface area contributed by atoms with E-state index in [0.29, 0.717) is 24.8 Å². The number of ether oxygens (including phenoxy) is 1. The predicted octanol–water partition coefficient (Wildman–Crippen LogP) is 2.40. The van der Waals surface area contributed by atoms with Crippen LogP contribution in [0.2, 0.25) is 0 Å². The molecule has 1 N–H and O–H groups in total. The van der Waals surface area contributed by atoms with Crippen LogP contribution in [0.4, 0.5) is 0 Å². The van der Waals surface area contributed by atoms with E-state index in [9.17, 15) is 13.2 Å². The molecule has 1 amide bonds. The third-order valence-corrected chi connectivity index (χ3v) is 6.23. The maximum atomic E-state index is 12.7. The zero-order chi connectivity index (χ0) is 18.6. The number of rotatable bonds is 6. The highest BCUT2D eigenvalue weighted by Crippen LogP contribution is 2.25. The van der Waals surface area contributed by atoms with E-state index in [-0.39, 0.29) is 16.8 Å². The number of amides is 1. The maximum Gasteiger partial charge on any atom is 0.260 e. The quantitative estimate of drug-likeness (QED) is 0.837. The van der Waals surface area contributed by atoms with Crippen LogP contribution in [0.25, 0.3) is 0 Å². The zero-order valence-electron chi connectivity index (χ0n) is 15.4. The molecule has 6 nitrogen and oxygen atoms in total. The Morgan fingerprint density at radius 1 is 1.16 bits per heavy atom. The van der Waals surface area contributed by atoms with Crippen LogP contribution in [0, 0.1) is 5.92 Å². The van der Waals surface area contributed by atoms with Gasteiger partial charge in [-0.25, -0.2) is 8.42 Å². The van der Waals surface area contributed by atoms with Crippen molar-refractivity contribution in [2.45, 2.75) is 57.6 Å². The minimum absolute atomic E-state index is 0.0401. The highest BCUT2D eigenvalue weighted by atomic mass is 32.2. The van der Waals surface area contributed by atoms with Crippen LogP contribution in [-0.2, 0) is 14.8 Å². The van der Waals surface area contributed by atoms with Gasteiger partial charge in [-0.15, -0.1) is 0 Å². The Bertz CT molecular complexity index is 678. The van der Waals surface area contributed by atoms with Crippen LogP contribution in [0.1, 0.15) is 40.5 Å². The first-order chi connectivity index (χ1) is 11.7. The summed E-state index contributed by atoms with van der Waals surface area (Å²) in [5, 5.41) is 2.78. The summed E-state index contributed by atoms with van der Waals surface area (Å²) >= 11 is 0. The first kappa shape index (κ1) is 19.7. The van der Waals surface area contributed by atoms with Crippen molar-refractivity contribution in [1.82, 2.24) is 9.62 Å². The Morgan fingerprint density at radius 3 is 2.24 bits per heavy atom. The van der Waals surface area contributed by atoms with Gasteiger partial charge in [0.2, 0.25) is 10.0 Å². The molecule has 0 aromatic heterocycles. The van der Waals surface area contributed by atoms with Crippen molar-refractivity contribution in [2.75, 3.05) is 13.1 Å². The Kier molecular flexibility index (Phi) is 6.46. The summed E-state index contributed by atoms with van der Waals surface area (Å²) in [5.41, 5.74) is 0. The molecule has 1 aromatic carbocycles. The van der Waals surface area contributed by atoms with Crippen molar-refractivity contribution in [3.05, 3.63) is 24.3 Å². The molecular weight excluding hydrogens is 340 g/mol. The van der Waals surface area contributed by atoms with Crippen LogP contribution in [-0.4, -0.2) is 43.9 Å². The van der Waals surface area contributed by atoms with Gasteiger partial charge < -0.3 is 10.1 Å². The highest BCUT2D eigenvalue weighted by Gasteiger charge is 2.28. The van der Waals surface area contributed by atoms with Crippen LogP contribution in [0.15, 0.2) is 29.2 Å². The third-order valence-electron chi connectivity index (χ3n) is 4.32. The minimum atomic E-state index is -3.46. The summed E-state index contributed by atoms with van der Waals surface area (Å²) in [6.07, 6.45) is 1.14. The van der Waals surface area contributed by atoms with E-state index in [1.807, 2.05) is 13.8 Å². The van der Waals surface area contributed by atoms with Crippen molar-refractivity contribution < 1.29 is 17.9 Å². The van der Waals surface area contributed by atoms with E-state index in [0.717, 1.165) is 12.8 Å². The van der Waals surface area contributed by atoms with Gasteiger partial charge in [0.25, 0.3) is 5.91 Å². The van der Waals surface area contributed by atoms with Gasteiger partial charge in [-0.3, -0.25) is 4.79 Å². The van der Waals surface area contributed by atoms with Gasteiger partial charge >= 0.3 is 0 Å². The summed E-state index contributed by atoms with van der Waals surface area (Å²) in [4.78, 5) is 12.1. The van der Waals surface area contributed by atoms with Gasteiger partial charge in [0.15, 0.2) is 6.10 Å². The van der Waals surface area contributed by atoms with Gasteiger partial charge in [-0.05, 0) is 63.8 Å². The van der Waals surface area contributed by atoms with E-state index >= 15 is 0 Å². The third kappa shape index (κ3) is 5.19. The van der Waals surface area contributed by atoms with E-state index in [1.165, 1.54) is 12.1 Å². The summed E-state index contributed by atoms with van der Waals surface area (Å²) in [5.74, 6) is 0.840. The molecule has 1 atom stereocenters. The molecule has 0 radical (unpaired) electrons. The second-order valence-electron chi connectivity index (χ2n) is 6.98. The number of piperidine rings is 1. The molecule has 0 saturated carbocycles. The molecule has 1 aromatic rings. The summed E-state index contributed by atoms with van der Waals surface area (Å²) in [6, 6.07) is 6.31. The lowest BCUT2D eigenvalue weighted by atomic mass is 10.0. The van der Waals surface area contributed by atoms with Crippen LogP contribution in [0.5, 0.6) is 5.75 Å². The number of benzene rings is 1. The Hall–Kier alpha value is -1.60. The minimum Gasteiger partial charge on any atom is -0.481 e. The molecule has 2 rings (SSSR count). The van der Waals surface area contributed by atoms with Crippen LogP contribution in [0.3, 0.4) is 0 Å². The van der Waals surface area contributed by atoms with E-state index in [4.69, 9.17) is 4.74 Å². The summed E-state index contributed by atoms with van der Waals surface area (Å²) in [6.45, 7) is 8.70. The molecule has 0 aliphatic carbocycles. The fraction of sp³-hybridized carbons (Fsp3) is 0.611. The molecule has 140 valence electrons. The topological polar surface area (TPSA) is 75.7 Å². The van der Waals surface area contributed by atoms with Crippen molar-refractivity contribution in [3.8, 4) is 5.75 Å². The first-order valence-corrected chi connectivity index (χ1v) is 10.2. The molecule has 0 bridgehead atoms. The normalized spacial score (nSPS) is 18.1. The molecule has 0 unspecified atom stereocenters. The number of carbonyl (C=O) groups is 1. The fourth-order valence-electron chi connectivity index (χ4n) is 2.72. The van der Waals surface area contributed by atoms with Crippen molar-refractivity contribution in [3.63, 3.8) is 0 Å². The molecular formula is C18H28N2O4S. The van der Waals surface area contributed by atoms with Crippen LogP contribution < -0.4 is 10.1 Å². The van der Waals surface area contributed by atoms with E-state index in [2.05, 4.69) is 12.2 Å². The average Bonchev–Trinajstić information content (AvgIpc) is 2.55. The lowest BCUT2D eigenvalue weighted by molar-refractivity contribution is -0.127. The number of carbonyl (C=O) groups excluding carboxylic acids is 1. The number of hydrogen-bond donors (Lipinski definition) is 1. The highest BCUT2D eigenvalue weighted by molar-refractivity contribution is 7.89. The molecule has 1 aliphatic heterocycles. The molecule has 1 fully saturated rings. The lowest BCUT2D eigenvalue weighted by Crippen LogP contribution is -2.40. The van der Waals surface area contributed by atoms with Gasteiger partial charge in [-0.1, -0.05) is 6.92 Å². The largest absolute Gasteiger partial charge is 0.481 e. The number of nitrogens with zero attached hydrogens (tertiary/aromatic N) is 1. The second-order valence-corrected chi connectivity index (χ2v) is 8.92. The van der Waals surface area contributed by atoms with Gasteiger partial charge in [-0.2, -0.15) is 4.31 Å². The number of hydrogen-bond acceptors (Lipinski definition) is 4. The standard InChI is InChI=1S/C18H28N2O4S/c1-13(2)19-18(21)15(4)24-16-5-7-17(8-6-16)25(22,23)20-11-9-14(3)10-12-20/h5-8,13-15H,9-12H2,1-4H3,(H,19,21)/t15-/m0/s1. The van der Waals surface area contributed by atoms with Crippen molar-refractivity contribution in [1.29, 1.82) is 0 Å². The number of sulfonamides is 1. The second kappa shape index (κ2) is 8.19. The number of nitrogens with one attached hydrogen (secondary N) is 1. The summed E-state index contributed by atoms with van der Waals surface area (Å²) < 4.78 is 32.5. The maximum absolute atomic E-state index is 12.7. The Morgan fingerprint density at radius 2 is 1.72 bits per heavy atom. The zero-order valence-corrected chi connectivity index (χ0v) is 16.2. The first-order valence-electron chi connectivity index (χ1n) is 8.77. The smallest absolute Gasteiger partial charge is 0.260 e. The Labute approximate surface area is 150 Å². The van der Waals surface area contributed by atoms with Gasteiger partial charge in [0.1, 0.15) is 5.75 Å². The molecule has 1 saturated heterocycles. The average molecular weight is 368 g/mol. The molecule has 7 heteroatoms. The van der Waals surface area contributed by atoms with Crippen LogP contribution >= 0.6 is 0 Å². The molecule has 0 spiro atoms. The monoisotopic (exact) mass is 368 g/mol. The molecule has 1 aliphatic rings. The fourth-order valence-corrected chi connectivity index (χ4v) is 4.19. The van der Waals surface area contributed by atoms with E-state index in [1.54, 1.807) is 23.4 Å². The van der Waals surface area contributed by atoms with E-state index < -0.39 is 16.1 Å². The van der Waals surface area contributed by atoms with Crippen molar-refractivity contribution in [2.24, 2.45) is 5.92 Å². The summed E-state index contributed by atoms with van der Waals surface area (Å²) in [7, 11) is -3.46. The predicted molar refractivity (Wildman–Crippen MR) is 97.0 cm³/mol.